The van der Waals surface area contributed by atoms with Gasteiger partial charge in [-0.25, -0.2) is 0 Å². The van der Waals surface area contributed by atoms with Crippen molar-refractivity contribution >= 4 is 11.9 Å². The molecule has 0 spiro atoms. The fourth-order valence-electron chi connectivity index (χ4n) is 10.5. The van der Waals surface area contributed by atoms with E-state index in [1.54, 1.807) is 0 Å². The first-order valence-corrected chi connectivity index (χ1v) is 32.3. The van der Waals surface area contributed by atoms with Crippen molar-refractivity contribution in [3.05, 3.63) is 0 Å². The number of hydrogen-bond donors (Lipinski definition) is 3. The molecule has 3 N–H and O–H groups in total. The molecule has 0 heterocycles. The lowest BCUT2D eigenvalue weighted by Gasteiger charge is -2.22. The van der Waals surface area contributed by atoms with E-state index in [1.807, 2.05) is 0 Å². The minimum absolute atomic E-state index is 0.00917. The molecule has 0 aromatic rings. The highest BCUT2D eigenvalue weighted by Gasteiger charge is 2.20. The number of carbonyl (C=O) groups excluding carboxylic acids is 2. The summed E-state index contributed by atoms with van der Waals surface area (Å²) in [5.41, 5.74) is 0. The molecule has 0 bridgehead atoms. The number of esters is 1. The summed E-state index contributed by atoms with van der Waals surface area (Å²) in [7, 11) is 0. The monoisotopic (exact) mass is 990 g/mol. The van der Waals surface area contributed by atoms with Crippen molar-refractivity contribution in [1.29, 1.82) is 0 Å². The fourth-order valence-corrected chi connectivity index (χ4v) is 10.5. The summed E-state index contributed by atoms with van der Waals surface area (Å²) in [6.07, 6.45) is 71.1. The molecule has 0 aromatic heterocycles. The minimum atomic E-state index is -0.668. The maximum atomic E-state index is 12.5. The molecule has 0 saturated carbocycles. The molecule has 0 aromatic carbocycles. The molecule has 2 unspecified atom stereocenters. The maximum Gasteiger partial charge on any atom is 0.305 e. The van der Waals surface area contributed by atoms with E-state index in [-0.39, 0.29) is 18.5 Å². The minimum Gasteiger partial charge on any atom is -0.466 e. The van der Waals surface area contributed by atoms with Gasteiger partial charge in [0.15, 0.2) is 0 Å². The van der Waals surface area contributed by atoms with Crippen LogP contribution < -0.4 is 5.32 Å². The van der Waals surface area contributed by atoms with Gasteiger partial charge in [0, 0.05) is 12.8 Å². The fraction of sp³-hybridized carbons (Fsp3) is 0.969. The van der Waals surface area contributed by atoms with Crippen molar-refractivity contribution in [3.63, 3.8) is 0 Å². The van der Waals surface area contributed by atoms with Crippen molar-refractivity contribution in [2.24, 2.45) is 0 Å². The molecule has 70 heavy (non-hydrogen) atoms. The highest BCUT2D eigenvalue weighted by molar-refractivity contribution is 5.76. The van der Waals surface area contributed by atoms with E-state index in [0.717, 1.165) is 38.5 Å². The number of hydrogen-bond acceptors (Lipinski definition) is 5. The van der Waals surface area contributed by atoms with Crippen molar-refractivity contribution in [2.45, 2.75) is 386 Å². The first-order valence-electron chi connectivity index (χ1n) is 32.3. The van der Waals surface area contributed by atoms with Gasteiger partial charge in [-0.15, -0.1) is 0 Å². The number of carbonyl (C=O) groups is 2. The molecule has 0 aliphatic carbocycles. The Balaban J connectivity index is 3.40. The number of aliphatic hydroxyl groups excluding tert-OH is 2. The van der Waals surface area contributed by atoms with Gasteiger partial charge in [-0.05, 0) is 25.7 Å². The third-order valence-electron chi connectivity index (χ3n) is 15.4. The summed E-state index contributed by atoms with van der Waals surface area (Å²) in [4.78, 5) is 24.6. The van der Waals surface area contributed by atoms with E-state index in [0.29, 0.717) is 25.9 Å². The maximum absolute atomic E-state index is 12.5. The lowest BCUT2D eigenvalue weighted by Crippen LogP contribution is -2.45. The quantitative estimate of drug-likeness (QED) is 0.0417. The Hall–Kier alpha value is -1.14. The Labute approximate surface area is 438 Å². The summed E-state index contributed by atoms with van der Waals surface area (Å²) in [6.45, 7) is 4.98. The van der Waals surface area contributed by atoms with Crippen molar-refractivity contribution in [1.82, 2.24) is 5.32 Å². The lowest BCUT2D eigenvalue weighted by atomic mass is 10.0. The van der Waals surface area contributed by atoms with E-state index in [9.17, 15) is 19.8 Å². The number of ether oxygens (including phenoxy) is 1. The van der Waals surface area contributed by atoms with Crippen LogP contribution >= 0.6 is 0 Å². The van der Waals surface area contributed by atoms with Gasteiger partial charge < -0.3 is 20.3 Å². The summed E-state index contributed by atoms with van der Waals surface area (Å²) in [5, 5.41) is 23.4. The standard InChI is InChI=1S/C64H127NO5/c1-3-5-7-9-11-13-15-17-19-20-21-22-23-24-26-29-32-36-40-44-48-52-56-62(67)61(60-66)65-63(68)57-53-49-45-41-37-33-30-27-25-28-31-35-39-43-47-51-55-59-70-64(69)58-54-50-46-42-38-34-18-16-14-12-10-8-6-4-2/h61-62,66-67H,3-60H2,1-2H3,(H,65,68). The summed E-state index contributed by atoms with van der Waals surface area (Å²) >= 11 is 0. The smallest absolute Gasteiger partial charge is 0.305 e. The number of unbranched alkanes of at least 4 members (excludes halogenated alkanes) is 50. The van der Waals surface area contributed by atoms with Gasteiger partial charge in [-0.1, -0.05) is 335 Å². The zero-order valence-corrected chi connectivity index (χ0v) is 47.8. The van der Waals surface area contributed by atoms with Crippen LogP contribution in [0.3, 0.4) is 0 Å². The summed E-state index contributed by atoms with van der Waals surface area (Å²) in [5.74, 6) is -0.0260. The van der Waals surface area contributed by atoms with E-state index >= 15 is 0 Å². The average Bonchev–Trinajstić information content (AvgIpc) is 3.36. The van der Waals surface area contributed by atoms with Gasteiger partial charge >= 0.3 is 5.97 Å². The Morgan fingerprint density at radius 1 is 0.343 bits per heavy atom. The zero-order chi connectivity index (χ0) is 50.7. The van der Waals surface area contributed by atoms with Crippen LogP contribution in [0.5, 0.6) is 0 Å². The topological polar surface area (TPSA) is 95.9 Å². The van der Waals surface area contributed by atoms with Crippen LogP contribution in [0.15, 0.2) is 0 Å². The van der Waals surface area contributed by atoms with Crippen LogP contribution in [-0.2, 0) is 14.3 Å². The first kappa shape index (κ1) is 68.9. The van der Waals surface area contributed by atoms with Gasteiger partial charge in [-0.3, -0.25) is 9.59 Å². The predicted molar refractivity (Wildman–Crippen MR) is 306 cm³/mol. The Kier molecular flexibility index (Phi) is 59.4. The normalized spacial score (nSPS) is 12.5. The number of rotatable bonds is 61. The molecule has 0 aliphatic rings. The largest absolute Gasteiger partial charge is 0.466 e. The Morgan fingerprint density at radius 3 is 0.871 bits per heavy atom. The van der Waals surface area contributed by atoms with Gasteiger partial charge in [0.25, 0.3) is 0 Å². The second-order valence-corrected chi connectivity index (χ2v) is 22.5. The summed E-state index contributed by atoms with van der Waals surface area (Å²) in [6, 6.07) is -0.545. The predicted octanol–water partition coefficient (Wildman–Crippen LogP) is 20.3. The van der Waals surface area contributed by atoms with Crippen LogP contribution in [0.1, 0.15) is 373 Å². The molecule has 0 fully saturated rings. The number of aliphatic hydroxyl groups is 2. The van der Waals surface area contributed by atoms with Crippen molar-refractivity contribution in [3.8, 4) is 0 Å². The second-order valence-electron chi connectivity index (χ2n) is 22.5. The van der Waals surface area contributed by atoms with Gasteiger partial charge in [0.05, 0.1) is 25.4 Å². The lowest BCUT2D eigenvalue weighted by molar-refractivity contribution is -0.143. The summed E-state index contributed by atoms with van der Waals surface area (Å²) < 4.78 is 5.48. The second kappa shape index (κ2) is 60.4. The number of amides is 1. The van der Waals surface area contributed by atoms with E-state index in [1.165, 1.54) is 302 Å². The first-order chi connectivity index (χ1) is 34.5. The van der Waals surface area contributed by atoms with Crippen molar-refractivity contribution in [2.75, 3.05) is 13.2 Å². The molecule has 0 rings (SSSR count). The molecule has 0 aliphatic heterocycles. The molecule has 418 valence electrons. The SMILES string of the molecule is CCCCCCCCCCCCCCCCCCCCCCCCC(O)C(CO)NC(=O)CCCCCCCCCCCCCCCCCCCOC(=O)CCCCCCCCCCCCCCCC. The Morgan fingerprint density at radius 2 is 0.586 bits per heavy atom. The molecule has 1 amide bonds. The molecular formula is C64H127NO5. The molecular weight excluding hydrogens is 863 g/mol. The third-order valence-corrected chi connectivity index (χ3v) is 15.4. The van der Waals surface area contributed by atoms with Crippen LogP contribution in [0.25, 0.3) is 0 Å². The average molecular weight is 991 g/mol. The van der Waals surface area contributed by atoms with Crippen LogP contribution in [-0.4, -0.2) is 47.4 Å². The zero-order valence-electron chi connectivity index (χ0n) is 47.8. The van der Waals surface area contributed by atoms with E-state index in [2.05, 4.69) is 19.2 Å². The van der Waals surface area contributed by atoms with Crippen molar-refractivity contribution < 1.29 is 24.5 Å². The highest BCUT2D eigenvalue weighted by atomic mass is 16.5. The van der Waals surface area contributed by atoms with E-state index < -0.39 is 12.1 Å². The highest BCUT2D eigenvalue weighted by Crippen LogP contribution is 2.19. The number of nitrogens with one attached hydrogen (secondary N) is 1. The van der Waals surface area contributed by atoms with Crippen LogP contribution in [0, 0.1) is 0 Å². The van der Waals surface area contributed by atoms with Crippen LogP contribution in [0.4, 0.5) is 0 Å². The third kappa shape index (κ3) is 56.2. The van der Waals surface area contributed by atoms with Gasteiger partial charge in [0.1, 0.15) is 0 Å². The van der Waals surface area contributed by atoms with E-state index in [4.69, 9.17) is 4.74 Å². The van der Waals surface area contributed by atoms with Crippen LogP contribution in [0.2, 0.25) is 0 Å². The van der Waals surface area contributed by atoms with Gasteiger partial charge in [-0.2, -0.15) is 0 Å². The molecule has 6 heteroatoms. The molecule has 0 saturated heterocycles. The van der Waals surface area contributed by atoms with Gasteiger partial charge in [0.2, 0.25) is 5.91 Å². The molecule has 2 atom stereocenters. The molecule has 6 nitrogen and oxygen atoms in total. The Bertz CT molecular complexity index is 1010. The molecule has 0 radical (unpaired) electrons.